The Kier molecular flexibility index (Phi) is 10.5. The van der Waals surface area contributed by atoms with E-state index in [9.17, 15) is 50.8 Å². The summed E-state index contributed by atoms with van der Waals surface area (Å²) in [4.78, 5) is 12.6. The maximum absolute atomic E-state index is 12.6. The summed E-state index contributed by atoms with van der Waals surface area (Å²) in [5.74, 6) is -2.72. The predicted molar refractivity (Wildman–Crippen MR) is 122 cm³/mol. The Balaban J connectivity index is 1.94. The highest BCUT2D eigenvalue weighted by Gasteiger charge is 2.46. The van der Waals surface area contributed by atoms with Crippen molar-refractivity contribution in [2.75, 3.05) is 19.8 Å². The Labute approximate surface area is 217 Å². The molecule has 3 rings (SSSR count). The minimum atomic E-state index is -1.85. The van der Waals surface area contributed by atoms with Crippen molar-refractivity contribution in [3.8, 4) is 17.2 Å². The number of hydrogen-bond acceptors (Lipinski definition) is 15. The summed E-state index contributed by atoms with van der Waals surface area (Å²) in [7, 11) is 0. The van der Waals surface area contributed by atoms with Crippen molar-refractivity contribution in [1.29, 1.82) is 0 Å². The van der Waals surface area contributed by atoms with Crippen molar-refractivity contribution < 1.29 is 74.4 Å². The van der Waals surface area contributed by atoms with Crippen molar-refractivity contribution in [3.63, 3.8) is 0 Å². The predicted octanol–water partition coefficient (Wildman–Crippen LogP) is -3.29. The molecule has 1 aromatic carbocycles. The summed E-state index contributed by atoms with van der Waals surface area (Å²) >= 11 is 0. The van der Waals surface area contributed by atoms with E-state index >= 15 is 0 Å². The SMILES string of the molecule is CCCCOC(=O)c1cc(OC2O[C@H](CO)[C@@H](O)[C@H](O)[C@H]2O)c(O)c(OC2O[C@H](CO)[C@@H](O)[C@H](O)[C@H]2O)c1. The molecule has 1 aromatic rings. The zero-order valence-corrected chi connectivity index (χ0v) is 20.4. The molecule has 0 aliphatic carbocycles. The number of phenols is 1. The molecular weight excluding hydrogens is 516 g/mol. The summed E-state index contributed by atoms with van der Waals surface area (Å²) in [6.45, 7) is 0.466. The Hall–Kier alpha value is -2.31. The molecule has 0 saturated carbocycles. The average Bonchev–Trinajstić information content (AvgIpc) is 2.91. The standard InChI is InChI=1S/C23H34O15/c1-2-3-4-34-21(33)9-5-10(35-22-19(31)17(29)15(27)12(7-24)37-22)14(26)11(6-9)36-23-20(32)18(30)16(28)13(8-25)38-23/h5-6,12-13,15-20,22-32H,2-4,7-8H2,1H3/t12-,13-,15-,16-,17+,18+,19-,20-,22?,23?/m1/s1. The molecule has 0 radical (unpaired) electrons. The van der Waals surface area contributed by atoms with Crippen LogP contribution < -0.4 is 9.47 Å². The normalized spacial score (nSPS) is 35.5. The van der Waals surface area contributed by atoms with E-state index in [0.717, 1.165) is 18.6 Å². The monoisotopic (exact) mass is 550 g/mol. The number of hydrogen-bond donors (Lipinski definition) is 9. The number of aromatic hydroxyl groups is 1. The van der Waals surface area contributed by atoms with Crippen LogP contribution in [-0.4, -0.2) is 133 Å². The summed E-state index contributed by atoms with van der Waals surface area (Å²) < 4.78 is 26.7. The molecule has 2 heterocycles. The number of rotatable bonds is 10. The first kappa shape index (κ1) is 30.2. The number of aliphatic hydroxyl groups excluding tert-OH is 8. The molecule has 216 valence electrons. The lowest BCUT2D eigenvalue weighted by Gasteiger charge is -2.40. The molecule has 2 fully saturated rings. The van der Waals surface area contributed by atoms with Gasteiger partial charge in [-0.1, -0.05) is 13.3 Å². The first-order chi connectivity index (χ1) is 18.0. The molecule has 10 atom stereocenters. The van der Waals surface area contributed by atoms with Crippen molar-refractivity contribution in [3.05, 3.63) is 17.7 Å². The van der Waals surface area contributed by atoms with Gasteiger partial charge in [0.1, 0.15) is 48.8 Å². The largest absolute Gasteiger partial charge is 0.502 e. The second kappa shape index (κ2) is 13.2. The van der Waals surface area contributed by atoms with Crippen molar-refractivity contribution in [1.82, 2.24) is 0 Å². The van der Waals surface area contributed by atoms with Crippen LogP contribution >= 0.6 is 0 Å². The van der Waals surface area contributed by atoms with Crippen LogP contribution in [0, 0.1) is 0 Å². The van der Waals surface area contributed by atoms with E-state index in [1.807, 2.05) is 6.92 Å². The van der Waals surface area contributed by atoms with Gasteiger partial charge >= 0.3 is 5.97 Å². The third kappa shape index (κ3) is 6.45. The molecule has 15 nitrogen and oxygen atoms in total. The second-order valence-corrected chi connectivity index (χ2v) is 8.94. The highest BCUT2D eigenvalue weighted by atomic mass is 16.7. The van der Waals surface area contributed by atoms with Gasteiger partial charge in [-0.25, -0.2) is 4.79 Å². The Morgan fingerprint density at radius 1 is 0.789 bits per heavy atom. The lowest BCUT2D eigenvalue weighted by atomic mass is 9.99. The zero-order valence-electron chi connectivity index (χ0n) is 20.4. The fraction of sp³-hybridized carbons (Fsp3) is 0.696. The van der Waals surface area contributed by atoms with Gasteiger partial charge < -0.3 is 69.6 Å². The first-order valence-electron chi connectivity index (χ1n) is 12.0. The molecule has 0 spiro atoms. The number of unbranched alkanes of at least 4 members (excludes halogenated alkanes) is 1. The lowest BCUT2D eigenvalue weighted by Crippen LogP contribution is -2.60. The molecule has 2 aliphatic heterocycles. The number of phenolic OH excluding ortho intramolecular Hbond substituents is 1. The van der Waals surface area contributed by atoms with Gasteiger partial charge in [0.2, 0.25) is 18.3 Å². The van der Waals surface area contributed by atoms with Gasteiger partial charge in [-0.3, -0.25) is 0 Å². The van der Waals surface area contributed by atoms with Gasteiger partial charge in [0.15, 0.2) is 11.5 Å². The Morgan fingerprint density at radius 2 is 1.24 bits per heavy atom. The molecule has 0 aromatic heterocycles. The van der Waals surface area contributed by atoms with E-state index < -0.39 is 97.8 Å². The topological polar surface area (TPSA) is 245 Å². The molecule has 0 bridgehead atoms. The smallest absolute Gasteiger partial charge is 0.338 e. The summed E-state index contributed by atoms with van der Waals surface area (Å²) in [6.07, 6.45) is -15.4. The average molecular weight is 551 g/mol. The van der Waals surface area contributed by atoms with E-state index in [4.69, 9.17) is 23.7 Å². The quantitative estimate of drug-likeness (QED) is 0.102. The lowest BCUT2D eigenvalue weighted by molar-refractivity contribution is -0.279. The van der Waals surface area contributed by atoms with Gasteiger partial charge in [0.25, 0.3) is 0 Å². The first-order valence-corrected chi connectivity index (χ1v) is 12.0. The maximum Gasteiger partial charge on any atom is 0.338 e. The number of benzene rings is 1. The minimum Gasteiger partial charge on any atom is -0.502 e. The van der Waals surface area contributed by atoms with E-state index in [0.29, 0.717) is 6.42 Å². The molecule has 38 heavy (non-hydrogen) atoms. The summed E-state index contributed by atoms with van der Waals surface area (Å²) in [5.41, 5.74) is -0.224. The molecule has 9 N–H and O–H groups in total. The fourth-order valence-corrected chi connectivity index (χ4v) is 3.85. The van der Waals surface area contributed by atoms with Gasteiger partial charge in [0.05, 0.1) is 25.4 Å². The number of aliphatic hydroxyl groups is 8. The Morgan fingerprint density at radius 3 is 1.63 bits per heavy atom. The Bertz CT molecular complexity index is 865. The molecular formula is C23H34O15. The molecule has 2 aliphatic rings. The highest BCUT2D eigenvalue weighted by Crippen LogP contribution is 2.41. The molecule has 2 saturated heterocycles. The van der Waals surface area contributed by atoms with Crippen molar-refractivity contribution in [2.45, 2.75) is 81.2 Å². The number of carbonyl (C=O) groups excluding carboxylic acids is 1. The van der Waals surface area contributed by atoms with Crippen LogP contribution in [0.4, 0.5) is 0 Å². The van der Waals surface area contributed by atoms with Crippen LogP contribution in [-0.2, 0) is 14.2 Å². The fourth-order valence-electron chi connectivity index (χ4n) is 3.85. The van der Waals surface area contributed by atoms with Crippen LogP contribution in [0.1, 0.15) is 30.1 Å². The number of carbonyl (C=O) groups is 1. The summed E-state index contributed by atoms with van der Waals surface area (Å²) in [5, 5.41) is 90.2. The van der Waals surface area contributed by atoms with E-state index in [-0.39, 0.29) is 12.2 Å². The second-order valence-electron chi connectivity index (χ2n) is 8.94. The third-order valence-electron chi connectivity index (χ3n) is 6.19. The van der Waals surface area contributed by atoms with Crippen LogP contribution in [0.25, 0.3) is 0 Å². The van der Waals surface area contributed by atoms with Crippen LogP contribution in [0.3, 0.4) is 0 Å². The molecule has 15 heteroatoms. The molecule has 2 unspecified atom stereocenters. The van der Waals surface area contributed by atoms with Crippen molar-refractivity contribution in [2.24, 2.45) is 0 Å². The van der Waals surface area contributed by atoms with Gasteiger partial charge in [-0.15, -0.1) is 0 Å². The number of ether oxygens (including phenoxy) is 5. The highest BCUT2D eigenvalue weighted by molar-refractivity contribution is 5.91. The van der Waals surface area contributed by atoms with Gasteiger partial charge in [0, 0.05) is 0 Å². The van der Waals surface area contributed by atoms with E-state index in [2.05, 4.69) is 0 Å². The van der Waals surface area contributed by atoms with Gasteiger partial charge in [-0.2, -0.15) is 0 Å². The number of esters is 1. The van der Waals surface area contributed by atoms with Crippen molar-refractivity contribution >= 4 is 5.97 Å². The van der Waals surface area contributed by atoms with Crippen LogP contribution in [0.5, 0.6) is 17.2 Å². The zero-order chi connectivity index (χ0) is 28.1. The van der Waals surface area contributed by atoms with E-state index in [1.165, 1.54) is 0 Å². The van der Waals surface area contributed by atoms with E-state index in [1.54, 1.807) is 0 Å². The maximum atomic E-state index is 12.6. The van der Waals surface area contributed by atoms with Crippen LogP contribution in [0.15, 0.2) is 12.1 Å². The summed E-state index contributed by atoms with van der Waals surface area (Å²) in [6, 6.07) is 2.04. The third-order valence-corrected chi connectivity index (χ3v) is 6.19. The molecule has 0 amide bonds. The minimum absolute atomic E-state index is 0.0714. The van der Waals surface area contributed by atoms with Crippen LogP contribution in [0.2, 0.25) is 0 Å². The van der Waals surface area contributed by atoms with Gasteiger partial charge in [-0.05, 0) is 18.6 Å².